The van der Waals surface area contributed by atoms with Gasteiger partial charge in [0.25, 0.3) is 0 Å². The molecule has 11 heteroatoms. The first-order chi connectivity index (χ1) is 13.4. The molecule has 0 fully saturated rings. The summed E-state index contributed by atoms with van der Waals surface area (Å²) in [7, 11) is 0. The van der Waals surface area contributed by atoms with Crippen molar-refractivity contribution in [2.45, 2.75) is 26.4 Å². The topological polar surface area (TPSA) is 112 Å². The van der Waals surface area contributed by atoms with Crippen molar-refractivity contribution in [2.24, 2.45) is 0 Å². The van der Waals surface area contributed by atoms with Crippen molar-refractivity contribution in [2.75, 3.05) is 11.1 Å². The summed E-state index contributed by atoms with van der Waals surface area (Å²) in [5.74, 6) is 1.49. The molecule has 9 nitrogen and oxygen atoms in total. The molecule has 1 atom stereocenters. The van der Waals surface area contributed by atoms with Gasteiger partial charge in [0.15, 0.2) is 5.82 Å². The molecule has 0 aromatic carbocycles. The predicted octanol–water partition coefficient (Wildman–Crippen LogP) is 2.84. The van der Waals surface area contributed by atoms with E-state index in [1.165, 1.54) is 12.3 Å². The van der Waals surface area contributed by atoms with Gasteiger partial charge in [0.05, 0.1) is 23.4 Å². The Bertz CT molecular complexity index is 1130. The Morgan fingerprint density at radius 3 is 2.71 bits per heavy atom. The van der Waals surface area contributed by atoms with Crippen LogP contribution < -0.4 is 11.1 Å². The Morgan fingerprint density at radius 1 is 1.14 bits per heavy atom. The molecule has 0 aliphatic carbocycles. The van der Waals surface area contributed by atoms with Crippen molar-refractivity contribution >= 4 is 17.4 Å². The fourth-order valence-corrected chi connectivity index (χ4v) is 2.80. The number of hydrogen-bond donors (Lipinski definition) is 2. The number of alkyl halides is 2. The zero-order valence-corrected chi connectivity index (χ0v) is 15.1. The van der Waals surface area contributed by atoms with Crippen LogP contribution >= 0.6 is 0 Å². The van der Waals surface area contributed by atoms with Gasteiger partial charge < -0.3 is 15.5 Å². The zero-order chi connectivity index (χ0) is 19.8. The van der Waals surface area contributed by atoms with Crippen molar-refractivity contribution in [3.63, 3.8) is 0 Å². The lowest BCUT2D eigenvalue weighted by atomic mass is 10.2. The number of aryl methyl sites for hydroxylation is 1. The van der Waals surface area contributed by atoms with Crippen molar-refractivity contribution in [3.8, 4) is 11.4 Å². The zero-order valence-electron chi connectivity index (χ0n) is 15.1. The summed E-state index contributed by atoms with van der Waals surface area (Å²) >= 11 is 0. The summed E-state index contributed by atoms with van der Waals surface area (Å²) in [4.78, 5) is 16.9. The van der Waals surface area contributed by atoms with Crippen LogP contribution in [0.15, 0.2) is 36.8 Å². The molecule has 4 heterocycles. The molecule has 0 saturated heterocycles. The Labute approximate surface area is 158 Å². The average molecular weight is 385 g/mol. The Balaban J connectivity index is 1.63. The molecule has 0 aliphatic rings. The van der Waals surface area contributed by atoms with Gasteiger partial charge in [0.2, 0.25) is 11.9 Å². The maximum atomic E-state index is 12.7. The van der Waals surface area contributed by atoms with Crippen molar-refractivity contribution < 1.29 is 8.78 Å². The smallest absolute Gasteiger partial charge is 0.333 e. The summed E-state index contributed by atoms with van der Waals surface area (Å²) in [6.07, 6.45) is 4.85. The largest absolute Gasteiger partial charge is 0.368 e. The van der Waals surface area contributed by atoms with Gasteiger partial charge in [-0.2, -0.15) is 28.8 Å². The van der Waals surface area contributed by atoms with Gasteiger partial charge in [-0.05, 0) is 32.0 Å². The second-order valence-electron chi connectivity index (χ2n) is 6.22. The maximum Gasteiger partial charge on any atom is 0.333 e. The van der Waals surface area contributed by atoms with E-state index >= 15 is 0 Å². The van der Waals surface area contributed by atoms with Crippen LogP contribution in [0.1, 0.15) is 31.0 Å². The molecule has 0 radical (unpaired) electrons. The molecule has 4 rings (SSSR count). The number of imidazole rings is 1. The van der Waals surface area contributed by atoms with Crippen LogP contribution in [-0.2, 0) is 0 Å². The van der Waals surface area contributed by atoms with E-state index in [1.807, 2.05) is 29.7 Å². The number of fused-ring (bicyclic) bond motifs is 1. The molecule has 0 spiro atoms. The van der Waals surface area contributed by atoms with E-state index in [9.17, 15) is 8.78 Å². The van der Waals surface area contributed by atoms with E-state index in [0.717, 1.165) is 16.9 Å². The molecular weight excluding hydrogens is 368 g/mol. The highest BCUT2D eigenvalue weighted by atomic mass is 19.3. The molecule has 0 bridgehead atoms. The first-order valence-corrected chi connectivity index (χ1v) is 8.46. The van der Waals surface area contributed by atoms with Crippen LogP contribution in [0.3, 0.4) is 0 Å². The lowest BCUT2D eigenvalue weighted by molar-refractivity contribution is 0.0561. The highest BCUT2D eigenvalue weighted by molar-refractivity contribution is 5.61. The average Bonchev–Trinajstić information content (AvgIpc) is 3.29. The summed E-state index contributed by atoms with van der Waals surface area (Å²) in [5.41, 5.74) is 7.95. The normalized spacial score (nSPS) is 12.6. The number of nitrogens with one attached hydrogen (secondary N) is 1. The minimum atomic E-state index is -2.69. The van der Waals surface area contributed by atoms with Crippen LogP contribution in [-0.4, -0.2) is 34.1 Å². The number of nitrogen functional groups attached to an aromatic ring is 1. The molecule has 0 unspecified atom stereocenters. The number of hydrogen-bond acceptors (Lipinski definition) is 7. The third-order valence-electron chi connectivity index (χ3n) is 4.24. The fourth-order valence-electron chi connectivity index (χ4n) is 2.80. The monoisotopic (exact) mass is 385 g/mol. The predicted molar refractivity (Wildman–Crippen MR) is 98.7 cm³/mol. The van der Waals surface area contributed by atoms with Crippen molar-refractivity contribution in [1.29, 1.82) is 0 Å². The minimum Gasteiger partial charge on any atom is -0.368 e. The number of anilines is 2. The van der Waals surface area contributed by atoms with Gasteiger partial charge in [0.1, 0.15) is 5.82 Å². The highest BCUT2D eigenvalue weighted by Crippen LogP contribution is 2.22. The molecule has 0 saturated carbocycles. The number of rotatable bonds is 5. The van der Waals surface area contributed by atoms with E-state index in [4.69, 9.17) is 5.73 Å². The van der Waals surface area contributed by atoms with Gasteiger partial charge in [-0.15, -0.1) is 0 Å². The third kappa shape index (κ3) is 3.33. The first-order valence-electron chi connectivity index (χ1n) is 8.46. The van der Waals surface area contributed by atoms with E-state index in [2.05, 4.69) is 30.4 Å². The van der Waals surface area contributed by atoms with Crippen molar-refractivity contribution in [1.82, 2.24) is 34.1 Å². The van der Waals surface area contributed by atoms with Gasteiger partial charge in [-0.3, -0.25) is 0 Å². The molecule has 144 valence electrons. The Kier molecular flexibility index (Phi) is 4.34. The van der Waals surface area contributed by atoms with Crippen molar-refractivity contribution in [3.05, 3.63) is 48.3 Å². The molecule has 28 heavy (non-hydrogen) atoms. The number of aromatic nitrogens is 7. The van der Waals surface area contributed by atoms with Crippen LogP contribution in [0.5, 0.6) is 0 Å². The first kappa shape index (κ1) is 17.8. The number of halogens is 2. The van der Waals surface area contributed by atoms with Gasteiger partial charge in [-0.1, -0.05) is 0 Å². The molecule has 0 amide bonds. The number of pyridine rings is 1. The van der Waals surface area contributed by atoms with E-state index in [0.29, 0.717) is 16.2 Å². The second kappa shape index (κ2) is 6.83. The Hall–Kier alpha value is -3.63. The molecule has 3 N–H and O–H groups in total. The van der Waals surface area contributed by atoms with E-state index in [1.54, 1.807) is 13.1 Å². The summed E-state index contributed by atoms with van der Waals surface area (Å²) < 4.78 is 27.9. The molecule has 0 aliphatic heterocycles. The lowest BCUT2D eigenvalue weighted by Gasteiger charge is -2.12. The quantitative estimate of drug-likeness (QED) is 0.543. The SMILES string of the molecule is Cc1ncc2ccc(-c3nc(N)nc(N[C@H](C)c4ccn(C(F)F)n4)n3)cn12. The van der Waals surface area contributed by atoms with Crippen LogP contribution in [0.25, 0.3) is 16.9 Å². The van der Waals surface area contributed by atoms with Crippen LogP contribution in [0.2, 0.25) is 0 Å². The molecule has 4 aromatic heterocycles. The number of nitrogens with zero attached hydrogens (tertiary/aromatic N) is 7. The van der Waals surface area contributed by atoms with E-state index < -0.39 is 12.6 Å². The standard InChI is InChI=1S/C17H17F2N9/c1-9(13-5-6-28(26-13)15(18)19)22-17-24-14(23-16(20)25-17)11-3-4-12-7-21-10(2)27(12)8-11/h3-9,15H,1-2H3,(H3,20,22,23,24,25)/t9-/m1/s1. The minimum absolute atomic E-state index is 0.0419. The van der Waals surface area contributed by atoms with E-state index in [-0.39, 0.29) is 11.9 Å². The number of nitrogens with two attached hydrogens (primary N) is 1. The third-order valence-corrected chi connectivity index (χ3v) is 4.24. The highest BCUT2D eigenvalue weighted by Gasteiger charge is 2.15. The summed E-state index contributed by atoms with van der Waals surface area (Å²) in [6.45, 7) is 0.965. The van der Waals surface area contributed by atoms with Gasteiger partial charge in [0, 0.05) is 18.0 Å². The summed E-state index contributed by atoms with van der Waals surface area (Å²) in [5, 5.41) is 6.86. The van der Waals surface area contributed by atoms with Crippen LogP contribution in [0, 0.1) is 6.92 Å². The van der Waals surface area contributed by atoms with Gasteiger partial charge >= 0.3 is 6.55 Å². The molecule has 4 aromatic rings. The fraction of sp³-hybridized carbons (Fsp3) is 0.235. The second-order valence-corrected chi connectivity index (χ2v) is 6.22. The maximum absolute atomic E-state index is 12.7. The Morgan fingerprint density at radius 2 is 1.96 bits per heavy atom. The summed E-state index contributed by atoms with van der Waals surface area (Å²) in [6, 6.07) is 4.86. The molecular formula is C17H17F2N9. The lowest BCUT2D eigenvalue weighted by Crippen LogP contribution is -2.13. The van der Waals surface area contributed by atoms with Crippen LogP contribution in [0.4, 0.5) is 20.7 Å². The van der Waals surface area contributed by atoms with Gasteiger partial charge in [-0.25, -0.2) is 9.67 Å².